The number of carbonyl (C=O) groups excluding carboxylic acids is 1. The predicted octanol–water partition coefficient (Wildman–Crippen LogP) is 4.57. The molecule has 0 bridgehead atoms. The van der Waals surface area contributed by atoms with Crippen molar-refractivity contribution in [3.63, 3.8) is 0 Å². The van der Waals surface area contributed by atoms with Crippen LogP contribution in [0.4, 0.5) is 26.3 Å². The van der Waals surface area contributed by atoms with Crippen LogP contribution in [-0.4, -0.2) is 11.8 Å². The van der Waals surface area contributed by atoms with Crippen molar-refractivity contribution in [1.29, 1.82) is 0 Å². The highest BCUT2D eigenvalue weighted by Gasteiger charge is 2.37. The maximum Gasteiger partial charge on any atom is 0.416 e. The van der Waals surface area contributed by atoms with Gasteiger partial charge in [-0.1, -0.05) is 0 Å². The van der Waals surface area contributed by atoms with Crippen molar-refractivity contribution < 1.29 is 35.9 Å². The molecule has 0 fully saturated rings. The summed E-state index contributed by atoms with van der Waals surface area (Å²) in [6.45, 7) is 0.970. The Balaban J connectivity index is 3.40. The molecule has 0 N–H and O–H groups in total. The highest BCUT2D eigenvalue weighted by atomic mass is 35.5. The molecule has 0 unspecified atom stereocenters. The summed E-state index contributed by atoms with van der Waals surface area (Å²) in [5.41, 5.74) is -3.45. The summed E-state index contributed by atoms with van der Waals surface area (Å²) in [6.07, 6.45) is -11.3. The summed E-state index contributed by atoms with van der Waals surface area (Å²) in [6, 6.07) is 0.943. The number of hydrogen-bond donors (Lipinski definition) is 0. The summed E-state index contributed by atoms with van der Waals surface area (Å²) in [4.78, 5) is 10.8. The molecule has 2 nitrogen and oxygen atoms in total. The second kappa shape index (κ2) is 6.13. The first kappa shape index (κ1) is 17.6. The highest BCUT2D eigenvalue weighted by molar-refractivity contribution is 6.18. The predicted molar refractivity (Wildman–Crippen MR) is 61.7 cm³/mol. The van der Waals surface area contributed by atoms with Crippen molar-refractivity contribution in [2.45, 2.75) is 25.4 Å². The van der Waals surface area contributed by atoms with Gasteiger partial charge in [-0.25, -0.2) is 0 Å². The molecule has 0 saturated heterocycles. The van der Waals surface area contributed by atoms with E-state index in [2.05, 4.69) is 4.74 Å². The van der Waals surface area contributed by atoms with Gasteiger partial charge in [-0.2, -0.15) is 26.3 Å². The van der Waals surface area contributed by atoms with E-state index in [9.17, 15) is 31.1 Å². The Morgan fingerprint density at radius 3 is 1.81 bits per heavy atom. The molecule has 1 atom stereocenters. The maximum absolute atomic E-state index is 12.7. The number of benzene rings is 1. The van der Waals surface area contributed by atoms with E-state index in [0.29, 0.717) is 12.1 Å². The van der Waals surface area contributed by atoms with Crippen molar-refractivity contribution in [2.75, 3.05) is 5.88 Å². The molecule has 0 saturated carbocycles. The normalized spacial score (nSPS) is 13.9. The quantitative estimate of drug-likeness (QED) is 0.460. The SMILES string of the molecule is CC(=O)O[C@H](CCl)c1cc(C(F)(F)F)cc(C(F)(F)F)c1. The standard InChI is InChI=1S/C12H9ClF6O2/c1-6(20)21-10(5-13)7-2-8(11(14,15)16)4-9(3-7)12(17,18)19/h2-4,10H,5H2,1H3/t10-/m1/s1. The first-order chi connectivity index (χ1) is 9.45. The molecule has 118 valence electrons. The largest absolute Gasteiger partial charge is 0.456 e. The number of halogens is 7. The smallest absolute Gasteiger partial charge is 0.416 e. The van der Waals surface area contributed by atoms with E-state index in [1.165, 1.54) is 0 Å². The zero-order chi connectivity index (χ0) is 16.4. The molecule has 1 aromatic carbocycles. The molecular formula is C12H9ClF6O2. The van der Waals surface area contributed by atoms with Crippen LogP contribution in [0.15, 0.2) is 18.2 Å². The van der Waals surface area contributed by atoms with Gasteiger partial charge in [0.25, 0.3) is 0 Å². The topological polar surface area (TPSA) is 26.3 Å². The lowest BCUT2D eigenvalue weighted by Gasteiger charge is -2.19. The molecule has 0 aliphatic heterocycles. The Labute approximate surface area is 120 Å². The highest BCUT2D eigenvalue weighted by Crippen LogP contribution is 2.38. The molecule has 0 aliphatic carbocycles. The van der Waals surface area contributed by atoms with Crippen LogP contribution in [0.3, 0.4) is 0 Å². The van der Waals surface area contributed by atoms with Gasteiger partial charge in [0.1, 0.15) is 6.10 Å². The third kappa shape index (κ3) is 4.80. The summed E-state index contributed by atoms with van der Waals surface area (Å²) in [7, 11) is 0. The molecule has 0 spiro atoms. The summed E-state index contributed by atoms with van der Waals surface area (Å²) in [5, 5.41) is 0. The fourth-order valence-corrected chi connectivity index (χ4v) is 1.79. The van der Waals surface area contributed by atoms with E-state index < -0.39 is 47.0 Å². The average Bonchev–Trinajstić information content (AvgIpc) is 2.33. The summed E-state index contributed by atoms with van der Waals surface area (Å²) in [5.74, 6) is -1.34. The third-order valence-electron chi connectivity index (χ3n) is 2.43. The van der Waals surface area contributed by atoms with Crippen LogP contribution in [0, 0.1) is 0 Å². The molecule has 0 aromatic heterocycles. The van der Waals surface area contributed by atoms with Crippen LogP contribution in [0.25, 0.3) is 0 Å². The lowest BCUT2D eigenvalue weighted by molar-refractivity contribution is -0.145. The van der Waals surface area contributed by atoms with Gasteiger partial charge < -0.3 is 4.74 Å². The van der Waals surface area contributed by atoms with E-state index in [0.717, 1.165) is 6.92 Å². The zero-order valence-electron chi connectivity index (χ0n) is 10.5. The van der Waals surface area contributed by atoms with Crippen molar-refractivity contribution in [3.05, 3.63) is 34.9 Å². The van der Waals surface area contributed by atoms with E-state index >= 15 is 0 Å². The van der Waals surface area contributed by atoms with Gasteiger partial charge in [-0.05, 0) is 23.8 Å². The minimum atomic E-state index is -4.97. The van der Waals surface area contributed by atoms with Crippen LogP contribution >= 0.6 is 11.6 Å². The van der Waals surface area contributed by atoms with E-state index in [1.54, 1.807) is 0 Å². The van der Waals surface area contributed by atoms with Gasteiger partial charge in [0.2, 0.25) is 0 Å². The van der Waals surface area contributed by atoms with Crippen molar-refractivity contribution in [1.82, 2.24) is 0 Å². The number of carbonyl (C=O) groups is 1. The first-order valence-electron chi connectivity index (χ1n) is 5.47. The number of esters is 1. The fourth-order valence-electron chi connectivity index (χ4n) is 1.55. The first-order valence-corrected chi connectivity index (χ1v) is 6.01. The van der Waals surface area contributed by atoms with Gasteiger partial charge in [0, 0.05) is 6.92 Å². The monoisotopic (exact) mass is 334 g/mol. The van der Waals surface area contributed by atoms with Crippen molar-refractivity contribution in [3.8, 4) is 0 Å². The zero-order valence-corrected chi connectivity index (χ0v) is 11.2. The van der Waals surface area contributed by atoms with E-state index in [4.69, 9.17) is 11.6 Å². The Bertz CT molecular complexity index is 491. The number of hydrogen-bond acceptors (Lipinski definition) is 2. The van der Waals surface area contributed by atoms with Crippen molar-refractivity contribution >= 4 is 17.6 Å². The number of alkyl halides is 7. The van der Waals surface area contributed by atoms with Crippen LogP contribution in [-0.2, 0) is 21.9 Å². The molecule has 1 aromatic rings. The molecule has 0 aliphatic rings. The minimum Gasteiger partial charge on any atom is -0.456 e. The van der Waals surface area contributed by atoms with Gasteiger partial charge in [-0.15, -0.1) is 11.6 Å². The van der Waals surface area contributed by atoms with Gasteiger partial charge in [0.15, 0.2) is 0 Å². The van der Waals surface area contributed by atoms with Crippen LogP contribution < -0.4 is 0 Å². The fraction of sp³-hybridized carbons (Fsp3) is 0.417. The Kier molecular flexibility index (Phi) is 5.14. The lowest BCUT2D eigenvalue weighted by atomic mass is 10.0. The lowest BCUT2D eigenvalue weighted by Crippen LogP contribution is -2.15. The number of ether oxygens (including phenoxy) is 1. The molecular weight excluding hydrogens is 326 g/mol. The Morgan fingerprint density at radius 1 is 1.10 bits per heavy atom. The molecule has 0 radical (unpaired) electrons. The molecule has 1 rings (SSSR count). The second-order valence-corrected chi connectivity index (χ2v) is 4.40. The van der Waals surface area contributed by atoms with Crippen LogP contribution in [0.1, 0.15) is 29.7 Å². The van der Waals surface area contributed by atoms with E-state index in [1.807, 2.05) is 0 Å². The van der Waals surface area contributed by atoms with Gasteiger partial charge in [0.05, 0.1) is 17.0 Å². The molecule has 9 heteroatoms. The van der Waals surface area contributed by atoms with Gasteiger partial charge >= 0.3 is 18.3 Å². The molecule has 0 amide bonds. The third-order valence-corrected chi connectivity index (χ3v) is 2.71. The Morgan fingerprint density at radius 2 is 1.52 bits per heavy atom. The van der Waals surface area contributed by atoms with Crippen LogP contribution in [0.2, 0.25) is 0 Å². The number of rotatable bonds is 3. The second-order valence-electron chi connectivity index (χ2n) is 4.09. The average molecular weight is 335 g/mol. The van der Waals surface area contributed by atoms with Crippen LogP contribution in [0.5, 0.6) is 0 Å². The van der Waals surface area contributed by atoms with E-state index in [-0.39, 0.29) is 6.07 Å². The molecule has 21 heavy (non-hydrogen) atoms. The van der Waals surface area contributed by atoms with Crippen molar-refractivity contribution in [2.24, 2.45) is 0 Å². The van der Waals surface area contributed by atoms with Gasteiger partial charge in [-0.3, -0.25) is 4.79 Å². The summed E-state index contributed by atoms with van der Waals surface area (Å²) < 4.78 is 80.6. The Hall–Kier alpha value is -1.44. The minimum absolute atomic E-state index is 0.0114. The maximum atomic E-state index is 12.7. The molecule has 0 heterocycles. The summed E-state index contributed by atoms with van der Waals surface area (Å²) >= 11 is 5.44.